The molecule has 0 radical (unpaired) electrons. The molecule has 19 heavy (non-hydrogen) atoms. The molecule has 0 unspecified atom stereocenters. The number of aromatic nitrogens is 1. The summed E-state index contributed by atoms with van der Waals surface area (Å²) in [5, 5.41) is -0.176. The minimum atomic E-state index is -4.13. The lowest BCUT2D eigenvalue weighted by atomic mass is 10.3. The summed E-state index contributed by atoms with van der Waals surface area (Å²) in [6, 6.07) is 6.46. The van der Waals surface area contributed by atoms with E-state index in [0.717, 1.165) is 6.07 Å². The summed E-state index contributed by atoms with van der Waals surface area (Å²) in [6.45, 7) is 0. The van der Waals surface area contributed by atoms with Crippen molar-refractivity contribution in [1.82, 2.24) is 4.98 Å². The first kappa shape index (κ1) is 14.0. The Bertz CT molecular complexity index is 702. The van der Waals surface area contributed by atoms with Crippen LogP contribution >= 0.6 is 23.2 Å². The van der Waals surface area contributed by atoms with Crippen LogP contribution in [-0.2, 0) is 10.0 Å². The standard InChI is InChI=1S/C11H7Cl2FN2O2S/c12-7-4-8(13)6-9(5-7)16-19(17,18)11-10(14)2-1-3-15-11/h1-6,16H. The van der Waals surface area contributed by atoms with Gasteiger partial charge in [0.1, 0.15) is 0 Å². The van der Waals surface area contributed by atoms with Crippen molar-refractivity contribution >= 4 is 38.9 Å². The molecule has 0 bridgehead atoms. The van der Waals surface area contributed by atoms with Gasteiger partial charge in [0.2, 0.25) is 5.03 Å². The van der Waals surface area contributed by atoms with Crippen LogP contribution < -0.4 is 4.72 Å². The van der Waals surface area contributed by atoms with Crippen molar-refractivity contribution in [1.29, 1.82) is 0 Å². The van der Waals surface area contributed by atoms with Gasteiger partial charge >= 0.3 is 0 Å². The molecule has 0 aliphatic rings. The fourth-order valence-corrected chi connectivity index (χ4v) is 2.96. The predicted molar refractivity (Wildman–Crippen MR) is 71.5 cm³/mol. The Morgan fingerprint density at radius 1 is 1.16 bits per heavy atom. The van der Waals surface area contributed by atoms with Gasteiger partial charge in [0, 0.05) is 16.2 Å². The number of nitrogens with zero attached hydrogens (tertiary/aromatic N) is 1. The van der Waals surface area contributed by atoms with Gasteiger partial charge in [-0.15, -0.1) is 0 Å². The second-order valence-corrected chi connectivity index (χ2v) is 6.02. The van der Waals surface area contributed by atoms with E-state index >= 15 is 0 Å². The van der Waals surface area contributed by atoms with Gasteiger partial charge in [-0.2, -0.15) is 8.42 Å². The van der Waals surface area contributed by atoms with Crippen LogP contribution in [0.25, 0.3) is 0 Å². The van der Waals surface area contributed by atoms with Gasteiger partial charge in [-0.25, -0.2) is 9.37 Å². The molecule has 1 heterocycles. The predicted octanol–water partition coefficient (Wildman–Crippen LogP) is 3.33. The van der Waals surface area contributed by atoms with E-state index < -0.39 is 20.9 Å². The number of anilines is 1. The quantitative estimate of drug-likeness (QED) is 0.943. The van der Waals surface area contributed by atoms with Crippen LogP contribution in [0.3, 0.4) is 0 Å². The molecule has 0 amide bonds. The minimum absolute atomic E-state index is 0.127. The maximum atomic E-state index is 13.4. The summed E-state index contributed by atoms with van der Waals surface area (Å²) in [6.07, 6.45) is 1.18. The molecule has 2 aromatic rings. The molecule has 0 fully saturated rings. The van der Waals surface area contributed by atoms with Gasteiger partial charge in [-0.1, -0.05) is 23.2 Å². The van der Waals surface area contributed by atoms with E-state index in [9.17, 15) is 12.8 Å². The third-order valence-electron chi connectivity index (χ3n) is 2.09. The van der Waals surface area contributed by atoms with Crippen molar-refractivity contribution < 1.29 is 12.8 Å². The van der Waals surface area contributed by atoms with Gasteiger partial charge in [0.25, 0.3) is 10.0 Å². The average Bonchev–Trinajstić information content (AvgIpc) is 2.26. The number of halogens is 3. The highest BCUT2D eigenvalue weighted by atomic mass is 35.5. The van der Waals surface area contributed by atoms with Crippen molar-refractivity contribution in [2.24, 2.45) is 0 Å². The van der Waals surface area contributed by atoms with Crippen molar-refractivity contribution in [3.63, 3.8) is 0 Å². The number of benzene rings is 1. The third kappa shape index (κ3) is 3.34. The SMILES string of the molecule is O=S(=O)(Nc1cc(Cl)cc(Cl)c1)c1ncccc1F. The van der Waals surface area contributed by atoms with E-state index in [1.54, 1.807) is 0 Å². The number of hydrogen-bond donors (Lipinski definition) is 1. The molecule has 1 aromatic carbocycles. The topological polar surface area (TPSA) is 59.1 Å². The lowest BCUT2D eigenvalue weighted by Gasteiger charge is -2.08. The zero-order valence-electron chi connectivity index (χ0n) is 9.27. The van der Waals surface area contributed by atoms with E-state index in [-0.39, 0.29) is 15.7 Å². The highest BCUT2D eigenvalue weighted by Crippen LogP contribution is 2.24. The molecule has 0 aliphatic carbocycles. The van der Waals surface area contributed by atoms with E-state index in [2.05, 4.69) is 9.71 Å². The third-order valence-corrected chi connectivity index (χ3v) is 3.84. The highest BCUT2D eigenvalue weighted by Gasteiger charge is 2.20. The van der Waals surface area contributed by atoms with Crippen molar-refractivity contribution in [2.75, 3.05) is 4.72 Å². The summed E-state index contributed by atoms with van der Waals surface area (Å²) in [4.78, 5) is 3.50. The maximum absolute atomic E-state index is 13.4. The summed E-state index contributed by atoms with van der Waals surface area (Å²) >= 11 is 11.5. The molecule has 0 atom stereocenters. The number of hydrogen-bond acceptors (Lipinski definition) is 3. The van der Waals surface area contributed by atoms with Crippen LogP contribution in [0.2, 0.25) is 10.0 Å². The lowest BCUT2D eigenvalue weighted by molar-refractivity contribution is 0.557. The van der Waals surface area contributed by atoms with Gasteiger partial charge in [-0.3, -0.25) is 4.72 Å². The lowest BCUT2D eigenvalue weighted by Crippen LogP contribution is -2.16. The molecule has 0 saturated carbocycles. The van der Waals surface area contributed by atoms with E-state index in [1.807, 2.05) is 0 Å². The zero-order chi connectivity index (χ0) is 14.0. The molecule has 4 nitrogen and oxygen atoms in total. The first-order chi connectivity index (χ1) is 8.88. The molecular formula is C11H7Cl2FN2O2S. The Balaban J connectivity index is 2.39. The van der Waals surface area contributed by atoms with Crippen molar-refractivity contribution in [2.45, 2.75) is 5.03 Å². The minimum Gasteiger partial charge on any atom is -0.278 e. The second kappa shape index (κ2) is 5.32. The van der Waals surface area contributed by atoms with Crippen LogP contribution in [0.5, 0.6) is 0 Å². The van der Waals surface area contributed by atoms with Crippen molar-refractivity contribution in [3.05, 3.63) is 52.4 Å². The molecule has 1 aromatic heterocycles. The number of rotatable bonds is 3. The second-order valence-electron chi connectivity index (χ2n) is 3.55. The zero-order valence-corrected chi connectivity index (χ0v) is 11.6. The first-order valence-corrected chi connectivity index (χ1v) is 7.22. The molecule has 0 spiro atoms. The summed E-state index contributed by atoms with van der Waals surface area (Å²) in [5.41, 5.74) is 0.127. The van der Waals surface area contributed by atoms with Gasteiger partial charge in [0.15, 0.2) is 5.82 Å². The molecule has 2 rings (SSSR count). The number of pyridine rings is 1. The molecule has 1 N–H and O–H groups in total. The van der Waals surface area contributed by atoms with E-state index in [4.69, 9.17) is 23.2 Å². The number of sulfonamides is 1. The van der Waals surface area contributed by atoms with Crippen LogP contribution in [0.4, 0.5) is 10.1 Å². The van der Waals surface area contributed by atoms with Gasteiger partial charge < -0.3 is 0 Å². The Morgan fingerprint density at radius 2 is 1.79 bits per heavy atom. The Hall–Kier alpha value is -1.37. The number of nitrogens with one attached hydrogen (secondary N) is 1. The summed E-state index contributed by atoms with van der Waals surface area (Å²) in [5.74, 6) is -0.942. The highest BCUT2D eigenvalue weighted by molar-refractivity contribution is 7.92. The van der Waals surface area contributed by atoms with Crippen LogP contribution in [0.1, 0.15) is 0 Å². The Labute approximate surface area is 119 Å². The smallest absolute Gasteiger partial charge is 0.278 e. The van der Waals surface area contributed by atoms with Crippen molar-refractivity contribution in [3.8, 4) is 0 Å². The Morgan fingerprint density at radius 3 is 2.37 bits per heavy atom. The first-order valence-electron chi connectivity index (χ1n) is 4.98. The van der Waals surface area contributed by atoms with Gasteiger partial charge in [-0.05, 0) is 30.3 Å². The fourth-order valence-electron chi connectivity index (χ4n) is 1.39. The molecule has 0 aliphatic heterocycles. The molecule has 8 heteroatoms. The monoisotopic (exact) mass is 320 g/mol. The normalized spacial score (nSPS) is 11.3. The van der Waals surface area contributed by atoms with E-state index in [0.29, 0.717) is 0 Å². The van der Waals surface area contributed by atoms with Crippen LogP contribution in [0.15, 0.2) is 41.6 Å². The molecular weight excluding hydrogens is 314 g/mol. The summed E-state index contributed by atoms with van der Waals surface area (Å²) in [7, 11) is -4.13. The van der Waals surface area contributed by atoms with Crippen LogP contribution in [-0.4, -0.2) is 13.4 Å². The van der Waals surface area contributed by atoms with Crippen LogP contribution in [0, 0.1) is 5.82 Å². The fraction of sp³-hybridized carbons (Fsp3) is 0. The molecule has 0 saturated heterocycles. The summed E-state index contributed by atoms with van der Waals surface area (Å²) < 4.78 is 39.5. The molecule has 100 valence electrons. The average molecular weight is 321 g/mol. The largest absolute Gasteiger partial charge is 0.282 e. The maximum Gasteiger partial charge on any atom is 0.282 e. The van der Waals surface area contributed by atoms with E-state index in [1.165, 1.54) is 30.5 Å². The van der Waals surface area contributed by atoms with Gasteiger partial charge in [0.05, 0.1) is 5.69 Å². The Kier molecular flexibility index (Phi) is 3.93.